The lowest BCUT2D eigenvalue weighted by atomic mass is 10.1. The van der Waals surface area contributed by atoms with Crippen LogP contribution in [0.4, 0.5) is 5.82 Å². The van der Waals surface area contributed by atoms with Crippen LogP contribution in [0.1, 0.15) is 37.8 Å². The third kappa shape index (κ3) is 6.66. The summed E-state index contributed by atoms with van der Waals surface area (Å²) in [6.45, 7) is 2.81. The van der Waals surface area contributed by atoms with Crippen LogP contribution in [0.15, 0.2) is 54.9 Å². The first-order valence-corrected chi connectivity index (χ1v) is 11.9. The van der Waals surface area contributed by atoms with E-state index in [0.29, 0.717) is 31.1 Å². The standard InChI is InChI=1S/C26H32N4O5/c1-17(18-5-3-2-4-6-18)29-26-23-13-22(7-8-24(23)27-16-28-26)35-15-21(33)11-20(32)12-25(34)30-10-9-19(31)14-30/h2-8,13,16-17,19-21,31-33H,9-12,14-15H2,1H3,(H,27,28,29). The van der Waals surface area contributed by atoms with Crippen molar-refractivity contribution in [3.63, 3.8) is 0 Å². The summed E-state index contributed by atoms with van der Waals surface area (Å²) in [5.74, 6) is 0.998. The van der Waals surface area contributed by atoms with Crippen LogP contribution in [0.5, 0.6) is 5.75 Å². The number of carbonyl (C=O) groups excluding carboxylic acids is 1. The van der Waals surface area contributed by atoms with E-state index < -0.39 is 18.3 Å². The maximum Gasteiger partial charge on any atom is 0.225 e. The second-order valence-electron chi connectivity index (χ2n) is 9.02. The quantitative estimate of drug-likeness (QED) is 0.348. The third-order valence-electron chi connectivity index (χ3n) is 6.17. The van der Waals surface area contributed by atoms with Gasteiger partial charge in [-0.25, -0.2) is 9.97 Å². The van der Waals surface area contributed by atoms with E-state index in [2.05, 4.69) is 22.2 Å². The van der Waals surface area contributed by atoms with Crippen LogP contribution in [0.3, 0.4) is 0 Å². The molecule has 35 heavy (non-hydrogen) atoms. The summed E-state index contributed by atoms with van der Waals surface area (Å²) in [6.07, 6.45) is -0.444. The summed E-state index contributed by atoms with van der Waals surface area (Å²) in [4.78, 5) is 22.5. The molecule has 186 valence electrons. The minimum absolute atomic E-state index is 0.0141. The molecule has 2 heterocycles. The highest BCUT2D eigenvalue weighted by Crippen LogP contribution is 2.27. The first-order valence-electron chi connectivity index (χ1n) is 11.9. The van der Waals surface area contributed by atoms with Gasteiger partial charge in [0.05, 0.1) is 30.2 Å². The molecule has 3 aromatic rings. The molecular formula is C26H32N4O5. The molecule has 1 amide bonds. The molecule has 0 aliphatic carbocycles. The molecule has 4 atom stereocenters. The normalized spacial score (nSPS) is 18.3. The average Bonchev–Trinajstić information content (AvgIpc) is 3.30. The molecule has 4 unspecified atom stereocenters. The zero-order valence-corrected chi connectivity index (χ0v) is 19.7. The van der Waals surface area contributed by atoms with Crippen molar-refractivity contribution < 1.29 is 24.9 Å². The van der Waals surface area contributed by atoms with Gasteiger partial charge in [0.1, 0.15) is 24.5 Å². The van der Waals surface area contributed by atoms with E-state index in [4.69, 9.17) is 4.74 Å². The number of fused-ring (bicyclic) bond motifs is 1. The van der Waals surface area contributed by atoms with Crippen LogP contribution in [-0.4, -0.2) is 74.1 Å². The molecule has 1 aliphatic heterocycles. The number of anilines is 1. The summed E-state index contributed by atoms with van der Waals surface area (Å²) in [5.41, 5.74) is 1.89. The van der Waals surface area contributed by atoms with Gasteiger partial charge in [-0.05, 0) is 37.1 Å². The van der Waals surface area contributed by atoms with Crippen molar-refractivity contribution in [1.29, 1.82) is 0 Å². The number of amides is 1. The molecule has 1 fully saturated rings. The number of aliphatic hydroxyl groups is 3. The van der Waals surface area contributed by atoms with Gasteiger partial charge in [0.2, 0.25) is 5.91 Å². The van der Waals surface area contributed by atoms with Crippen molar-refractivity contribution in [2.24, 2.45) is 0 Å². The van der Waals surface area contributed by atoms with Gasteiger partial charge in [-0.15, -0.1) is 0 Å². The zero-order valence-electron chi connectivity index (χ0n) is 19.7. The minimum atomic E-state index is -0.987. The van der Waals surface area contributed by atoms with Crippen molar-refractivity contribution in [3.05, 3.63) is 60.4 Å². The lowest BCUT2D eigenvalue weighted by Gasteiger charge is -2.20. The lowest BCUT2D eigenvalue weighted by Crippen LogP contribution is -2.34. The van der Waals surface area contributed by atoms with Gasteiger partial charge in [-0.2, -0.15) is 0 Å². The zero-order chi connectivity index (χ0) is 24.8. The Bertz CT molecular complexity index is 1130. The number of nitrogens with one attached hydrogen (secondary N) is 1. The van der Waals surface area contributed by atoms with Crippen molar-refractivity contribution in [2.45, 2.75) is 50.5 Å². The van der Waals surface area contributed by atoms with Crippen molar-refractivity contribution >= 4 is 22.6 Å². The van der Waals surface area contributed by atoms with Gasteiger partial charge in [0.15, 0.2) is 0 Å². The predicted octanol–water partition coefficient (Wildman–Crippen LogP) is 2.28. The average molecular weight is 481 g/mol. The number of rotatable bonds is 10. The summed E-state index contributed by atoms with van der Waals surface area (Å²) in [6, 6.07) is 15.5. The number of aliphatic hydroxyl groups excluding tert-OH is 3. The summed E-state index contributed by atoms with van der Waals surface area (Å²) < 4.78 is 5.77. The second kappa shape index (κ2) is 11.4. The van der Waals surface area contributed by atoms with E-state index in [-0.39, 0.29) is 31.4 Å². The molecule has 0 bridgehead atoms. The van der Waals surface area contributed by atoms with E-state index in [9.17, 15) is 20.1 Å². The Balaban J connectivity index is 1.33. The molecular weight excluding hydrogens is 448 g/mol. The van der Waals surface area contributed by atoms with Gasteiger partial charge >= 0.3 is 0 Å². The van der Waals surface area contributed by atoms with Gasteiger partial charge in [-0.3, -0.25) is 4.79 Å². The van der Waals surface area contributed by atoms with Gasteiger partial charge in [0, 0.05) is 30.9 Å². The Kier molecular flexibility index (Phi) is 8.12. The maximum absolute atomic E-state index is 12.2. The largest absolute Gasteiger partial charge is 0.491 e. The smallest absolute Gasteiger partial charge is 0.225 e. The van der Waals surface area contributed by atoms with Gasteiger partial charge < -0.3 is 30.3 Å². The molecule has 0 spiro atoms. The van der Waals surface area contributed by atoms with E-state index in [0.717, 1.165) is 16.5 Å². The lowest BCUT2D eigenvalue weighted by molar-refractivity contribution is -0.133. The fraction of sp³-hybridized carbons (Fsp3) is 0.423. The monoisotopic (exact) mass is 480 g/mol. The third-order valence-corrected chi connectivity index (χ3v) is 6.17. The first-order chi connectivity index (χ1) is 16.9. The highest BCUT2D eigenvalue weighted by Gasteiger charge is 2.26. The summed E-state index contributed by atoms with van der Waals surface area (Å²) in [5, 5.41) is 34.3. The number of carbonyl (C=O) groups is 1. The molecule has 0 saturated carbocycles. The fourth-order valence-electron chi connectivity index (χ4n) is 4.23. The van der Waals surface area contributed by atoms with Crippen LogP contribution in [0.2, 0.25) is 0 Å². The van der Waals surface area contributed by atoms with Gasteiger partial charge in [-0.1, -0.05) is 30.3 Å². The van der Waals surface area contributed by atoms with E-state index in [1.165, 1.54) is 11.2 Å². The van der Waals surface area contributed by atoms with Crippen molar-refractivity contribution in [2.75, 3.05) is 25.0 Å². The maximum atomic E-state index is 12.2. The molecule has 4 N–H and O–H groups in total. The number of β-amino-alcohol motifs (C(OH)–C–C–N with tert-alkyl or cyclic N) is 1. The number of nitrogens with zero attached hydrogens (tertiary/aromatic N) is 3. The SMILES string of the molecule is CC(Nc1ncnc2ccc(OCC(O)CC(O)CC(=O)N3CCC(O)C3)cc12)c1ccccc1. The Morgan fingerprint density at radius 2 is 1.97 bits per heavy atom. The highest BCUT2D eigenvalue weighted by molar-refractivity contribution is 5.90. The molecule has 2 aromatic carbocycles. The van der Waals surface area contributed by atoms with Crippen LogP contribution in [0.25, 0.3) is 10.9 Å². The molecule has 1 aliphatic rings. The number of hydrogen-bond donors (Lipinski definition) is 4. The van der Waals surface area contributed by atoms with Crippen molar-refractivity contribution in [1.82, 2.24) is 14.9 Å². The molecule has 1 aromatic heterocycles. The molecule has 4 rings (SSSR count). The fourth-order valence-corrected chi connectivity index (χ4v) is 4.23. The summed E-state index contributed by atoms with van der Waals surface area (Å²) >= 11 is 0. The Labute approximate surface area is 204 Å². The number of ether oxygens (including phenoxy) is 1. The number of benzene rings is 2. The number of hydrogen-bond acceptors (Lipinski definition) is 8. The van der Waals surface area contributed by atoms with Crippen LogP contribution in [-0.2, 0) is 4.79 Å². The summed E-state index contributed by atoms with van der Waals surface area (Å²) in [7, 11) is 0. The van der Waals surface area contributed by atoms with Crippen molar-refractivity contribution in [3.8, 4) is 5.75 Å². The second-order valence-corrected chi connectivity index (χ2v) is 9.02. The number of likely N-dealkylation sites (tertiary alicyclic amines) is 1. The predicted molar refractivity (Wildman–Crippen MR) is 132 cm³/mol. The highest BCUT2D eigenvalue weighted by atomic mass is 16.5. The molecule has 1 saturated heterocycles. The number of aromatic nitrogens is 2. The molecule has 9 heteroatoms. The first kappa shape index (κ1) is 24.8. The Morgan fingerprint density at radius 1 is 1.17 bits per heavy atom. The van der Waals surface area contributed by atoms with Crippen LogP contribution < -0.4 is 10.1 Å². The van der Waals surface area contributed by atoms with E-state index in [1.54, 1.807) is 6.07 Å². The topological polar surface area (TPSA) is 128 Å². The Morgan fingerprint density at radius 3 is 2.71 bits per heavy atom. The van der Waals surface area contributed by atoms with Crippen LogP contribution >= 0.6 is 0 Å². The molecule has 0 radical (unpaired) electrons. The van der Waals surface area contributed by atoms with E-state index in [1.807, 2.05) is 42.5 Å². The van der Waals surface area contributed by atoms with Crippen LogP contribution in [0, 0.1) is 0 Å². The Hall–Kier alpha value is -3.27. The minimum Gasteiger partial charge on any atom is -0.491 e. The van der Waals surface area contributed by atoms with Gasteiger partial charge in [0.25, 0.3) is 0 Å². The molecule has 9 nitrogen and oxygen atoms in total. The van der Waals surface area contributed by atoms with E-state index >= 15 is 0 Å².